The van der Waals surface area contributed by atoms with Crippen LogP contribution < -0.4 is 11.1 Å². The summed E-state index contributed by atoms with van der Waals surface area (Å²) in [6.07, 6.45) is 0. The number of carbonyl (C=O) groups is 1. The Morgan fingerprint density at radius 3 is 2.41 bits per heavy atom. The third-order valence-electron chi connectivity index (χ3n) is 2.53. The van der Waals surface area contributed by atoms with Gasteiger partial charge in [0, 0.05) is 5.02 Å². The number of aryl methyl sites for hydroxylation is 1. The van der Waals surface area contributed by atoms with E-state index in [0.717, 1.165) is 5.56 Å². The zero-order chi connectivity index (χ0) is 13.2. The first-order chi connectivity index (χ1) is 7.82. The summed E-state index contributed by atoms with van der Waals surface area (Å²) in [7, 11) is 0. The van der Waals surface area contributed by atoms with Gasteiger partial charge < -0.3 is 11.1 Å². The number of rotatable bonds is 3. The molecule has 3 N–H and O–H groups in total. The van der Waals surface area contributed by atoms with Gasteiger partial charge in [-0.3, -0.25) is 4.79 Å². The average molecular weight is 275 g/mol. The second-order valence-electron chi connectivity index (χ2n) is 4.34. The first-order valence-corrected chi connectivity index (χ1v) is 6.10. The third kappa shape index (κ3) is 3.60. The van der Waals surface area contributed by atoms with E-state index in [1.165, 1.54) is 0 Å². The molecule has 17 heavy (non-hydrogen) atoms. The highest BCUT2D eigenvalue weighted by Crippen LogP contribution is 2.28. The summed E-state index contributed by atoms with van der Waals surface area (Å²) in [4.78, 5) is 11.8. The van der Waals surface area contributed by atoms with Crippen molar-refractivity contribution in [2.45, 2.75) is 26.8 Å². The van der Waals surface area contributed by atoms with Gasteiger partial charge in [-0.2, -0.15) is 0 Å². The van der Waals surface area contributed by atoms with Crippen molar-refractivity contribution < 1.29 is 4.79 Å². The van der Waals surface area contributed by atoms with Gasteiger partial charge in [0.1, 0.15) is 0 Å². The van der Waals surface area contributed by atoms with E-state index in [9.17, 15) is 4.79 Å². The van der Waals surface area contributed by atoms with Crippen molar-refractivity contribution >= 4 is 34.8 Å². The zero-order valence-corrected chi connectivity index (χ0v) is 11.6. The minimum absolute atomic E-state index is 0.0645. The fourth-order valence-corrected chi connectivity index (χ4v) is 1.69. The van der Waals surface area contributed by atoms with Crippen molar-refractivity contribution in [3.05, 3.63) is 27.7 Å². The third-order valence-corrected chi connectivity index (χ3v) is 3.25. The number of anilines is 1. The monoisotopic (exact) mass is 274 g/mol. The van der Waals surface area contributed by atoms with Crippen LogP contribution in [0.1, 0.15) is 19.4 Å². The molecule has 0 spiro atoms. The molecule has 0 unspecified atom stereocenters. The zero-order valence-electron chi connectivity index (χ0n) is 10.1. The maximum Gasteiger partial charge on any atom is 0.241 e. The number of nitrogens with two attached hydrogens (primary N) is 1. The molecule has 0 heterocycles. The van der Waals surface area contributed by atoms with Crippen molar-refractivity contribution in [3.63, 3.8) is 0 Å². The van der Waals surface area contributed by atoms with Gasteiger partial charge in [-0.25, -0.2) is 0 Å². The Morgan fingerprint density at radius 2 is 1.88 bits per heavy atom. The lowest BCUT2D eigenvalue weighted by Gasteiger charge is -2.16. The molecule has 5 heteroatoms. The van der Waals surface area contributed by atoms with Crippen molar-refractivity contribution in [2.75, 3.05) is 5.32 Å². The average Bonchev–Trinajstić information content (AvgIpc) is 2.24. The minimum Gasteiger partial charge on any atom is -0.323 e. The second-order valence-corrected chi connectivity index (χ2v) is 5.15. The van der Waals surface area contributed by atoms with Gasteiger partial charge in [0.25, 0.3) is 0 Å². The number of nitrogens with one attached hydrogen (secondary N) is 1. The van der Waals surface area contributed by atoms with Crippen LogP contribution in [0, 0.1) is 12.8 Å². The van der Waals surface area contributed by atoms with Gasteiger partial charge >= 0.3 is 0 Å². The van der Waals surface area contributed by atoms with Gasteiger partial charge in [-0.1, -0.05) is 37.0 Å². The number of carbonyl (C=O) groups excluding carboxylic acids is 1. The van der Waals surface area contributed by atoms with Crippen LogP contribution in [0.3, 0.4) is 0 Å². The van der Waals surface area contributed by atoms with Crippen LogP contribution in [-0.2, 0) is 4.79 Å². The number of hydrogen-bond acceptors (Lipinski definition) is 2. The molecule has 0 radical (unpaired) electrons. The predicted octanol–water partition coefficient (Wildman–Crippen LogP) is 3.22. The van der Waals surface area contributed by atoms with E-state index in [1.807, 2.05) is 20.8 Å². The quantitative estimate of drug-likeness (QED) is 0.889. The van der Waals surface area contributed by atoms with Crippen LogP contribution in [0.2, 0.25) is 10.0 Å². The molecule has 1 amide bonds. The molecule has 1 aromatic rings. The highest BCUT2D eigenvalue weighted by Gasteiger charge is 2.18. The summed E-state index contributed by atoms with van der Waals surface area (Å²) in [5.74, 6) is -0.198. The molecule has 0 aliphatic carbocycles. The molecule has 0 saturated heterocycles. The second kappa shape index (κ2) is 5.71. The molecular weight excluding hydrogens is 259 g/mol. The number of benzene rings is 1. The smallest absolute Gasteiger partial charge is 0.241 e. The molecule has 0 bridgehead atoms. The molecule has 0 saturated carbocycles. The Bertz CT molecular complexity index is 433. The molecular formula is C12H16Cl2N2O. The van der Waals surface area contributed by atoms with Gasteiger partial charge in [0.2, 0.25) is 5.91 Å². The topological polar surface area (TPSA) is 55.1 Å². The Morgan fingerprint density at radius 1 is 1.29 bits per heavy atom. The molecule has 0 aliphatic heterocycles. The van der Waals surface area contributed by atoms with Crippen molar-refractivity contribution in [1.29, 1.82) is 0 Å². The molecule has 0 aromatic heterocycles. The van der Waals surface area contributed by atoms with Gasteiger partial charge in [-0.05, 0) is 30.5 Å². The Balaban J connectivity index is 2.89. The number of halogens is 2. The van der Waals surface area contributed by atoms with E-state index in [-0.39, 0.29) is 11.8 Å². The van der Waals surface area contributed by atoms with Crippen LogP contribution in [0.25, 0.3) is 0 Å². The maximum absolute atomic E-state index is 11.8. The largest absolute Gasteiger partial charge is 0.323 e. The summed E-state index contributed by atoms with van der Waals surface area (Å²) in [5, 5.41) is 3.69. The lowest BCUT2D eigenvalue weighted by atomic mass is 10.0. The van der Waals surface area contributed by atoms with Crippen LogP contribution in [0.5, 0.6) is 0 Å². The lowest BCUT2D eigenvalue weighted by Crippen LogP contribution is -2.39. The van der Waals surface area contributed by atoms with Crippen molar-refractivity contribution in [1.82, 2.24) is 0 Å². The van der Waals surface area contributed by atoms with Gasteiger partial charge in [0.05, 0.1) is 16.8 Å². The highest BCUT2D eigenvalue weighted by atomic mass is 35.5. The van der Waals surface area contributed by atoms with E-state index in [4.69, 9.17) is 28.9 Å². The number of amides is 1. The van der Waals surface area contributed by atoms with Gasteiger partial charge in [-0.15, -0.1) is 0 Å². The maximum atomic E-state index is 11.8. The van der Waals surface area contributed by atoms with E-state index in [0.29, 0.717) is 15.7 Å². The molecule has 3 nitrogen and oxygen atoms in total. The van der Waals surface area contributed by atoms with Crippen LogP contribution in [-0.4, -0.2) is 11.9 Å². The molecule has 1 aromatic carbocycles. The summed E-state index contributed by atoms with van der Waals surface area (Å²) >= 11 is 12.0. The fourth-order valence-electron chi connectivity index (χ4n) is 1.26. The Hall–Kier alpha value is -0.770. The van der Waals surface area contributed by atoms with E-state index < -0.39 is 6.04 Å². The molecule has 0 fully saturated rings. The summed E-state index contributed by atoms with van der Waals surface area (Å²) in [6, 6.07) is 2.77. The SMILES string of the molecule is Cc1cc(Cl)c(NC(=O)[C@@H](N)C(C)C)cc1Cl. The molecule has 0 aliphatic rings. The summed E-state index contributed by atoms with van der Waals surface area (Å²) < 4.78 is 0. The first-order valence-electron chi connectivity index (χ1n) is 5.35. The Kier molecular flexibility index (Phi) is 4.80. The molecule has 1 rings (SSSR count). The van der Waals surface area contributed by atoms with E-state index in [1.54, 1.807) is 12.1 Å². The first kappa shape index (κ1) is 14.3. The summed E-state index contributed by atoms with van der Waals surface area (Å²) in [5.41, 5.74) is 7.09. The lowest BCUT2D eigenvalue weighted by molar-refractivity contribution is -0.118. The highest BCUT2D eigenvalue weighted by molar-refractivity contribution is 6.36. The Labute approximate surface area is 111 Å². The van der Waals surface area contributed by atoms with Crippen molar-refractivity contribution in [2.24, 2.45) is 11.7 Å². The molecule has 94 valence electrons. The number of hydrogen-bond donors (Lipinski definition) is 2. The fraction of sp³-hybridized carbons (Fsp3) is 0.417. The van der Waals surface area contributed by atoms with Gasteiger partial charge in [0.15, 0.2) is 0 Å². The van der Waals surface area contributed by atoms with E-state index in [2.05, 4.69) is 5.32 Å². The molecule has 1 atom stereocenters. The minimum atomic E-state index is -0.564. The van der Waals surface area contributed by atoms with E-state index >= 15 is 0 Å². The van der Waals surface area contributed by atoms with Crippen LogP contribution >= 0.6 is 23.2 Å². The van der Waals surface area contributed by atoms with Crippen LogP contribution in [0.15, 0.2) is 12.1 Å². The predicted molar refractivity (Wildman–Crippen MR) is 72.6 cm³/mol. The standard InChI is InChI=1S/C12H16Cl2N2O/c1-6(2)11(15)12(17)16-10-5-8(13)7(3)4-9(10)14/h4-6,11H,15H2,1-3H3,(H,16,17)/t11-/m0/s1. The normalized spacial score (nSPS) is 12.6. The van der Waals surface area contributed by atoms with Crippen LogP contribution in [0.4, 0.5) is 5.69 Å². The van der Waals surface area contributed by atoms with Crippen molar-refractivity contribution in [3.8, 4) is 0 Å². The summed E-state index contributed by atoms with van der Waals surface area (Å²) in [6.45, 7) is 5.61.